The van der Waals surface area contributed by atoms with Crippen molar-refractivity contribution in [1.82, 2.24) is 5.43 Å². The molecule has 0 saturated carbocycles. The molecule has 90 valence electrons. The summed E-state index contributed by atoms with van der Waals surface area (Å²) in [4.78, 5) is 0. The highest BCUT2D eigenvalue weighted by atomic mass is 16.5. The van der Waals surface area contributed by atoms with E-state index < -0.39 is 0 Å². The third kappa shape index (κ3) is 2.74. The number of nitrogens with one attached hydrogen (secondary N) is 1. The van der Waals surface area contributed by atoms with Crippen LogP contribution in [0.3, 0.4) is 0 Å². The van der Waals surface area contributed by atoms with Gasteiger partial charge in [-0.05, 0) is 18.9 Å². The van der Waals surface area contributed by atoms with E-state index in [2.05, 4.69) is 32.3 Å². The molecule has 0 heterocycles. The highest BCUT2D eigenvalue weighted by Gasteiger charge is 2.20. The lowest BCUT2D eigenvalue weighted by Crippen LogP contribution is -2.32. The summed E-state index contributed by atoms with van der Waals surface area (Å²) >= 11 is 0. The number of nitrogens with two attached hydrogens (primary N) is 1. The Morgan fingerprint density at radius 3 is 2.62 bits per heavy atom. The van der Waals surface area contributed by atoms with Crippen LogP contribution in [0.1, 0.15) is 37.4 Å². The van der Waals surface area contributed by atoms with Gasteiger partial charge >= 0.3 is 0 Å². The van der Waals surface area contributed by atoms with Crippen LogP contribution in [0.5, 0.6) is 5.75 Å². The van der Waals surface area contributed by atoms with Crippen molar-refractivity contribution in [3.63, 3.8) is 0 Å². The molecular formula is C13H22N2O. The second-order valence-corrected chi connectivity index (χ2v) is 4.28. The van der Waals surface area contributed by atoms with Gasteiger partial charge in [-0.15, -0.1) is 0 Å². The Labute approximate surface area is 98.0 Å². The van der Waals surface area contributed by atoms with E-state index in [4.69, 9.17) is 10.6 Å². The Bertz CT molecular complexity index is 339. The summed E-state index contributed by atoms with van der Waals surface area (Å²) in [7, 11) is 1.69. The number of ether oxygens (including phenoxy) is 1. The topological polar surface area (TPSA) is 47.3 Å². The van der Waals surface area contributed by atoms with Crippen molar-refractivity contribution in [2.24, 2.45) is 11.8 Å². The van der Waals surface area contributed by atoms with Crippen molar-refractivity contribution in [3.05, 3.63) is 29.3 Å². The van der Waals surface area contributed by atoms with Gasteiger partial charge in [-0.2, -0.15) is 0 Å². The monoisotopic (exact) mass is 222 g/mol. The van der Waals surface area contributed by atoms with E-state index in [-0.39, 0.29) is 6.04 Å². The number of hydrazine groups is 1. The first-order valence-electron chi connectivity index (χ1n) is 5.74. The minimum absolute atomic E-state index is 0.139. The summed E-state index contributed by atoms with van der Waals surface area (Å²) in [6, 6.07) is 6.32. The Hall–Kier alpha value is -1.06. The summed E-state index contributed by atoms with van der Waals surface area (Å²) in [5.74, 6) is 7.02. The molecule has 0 radical (unpaired) electrons. The Morgan fingerprint density at radius 1 is 1.44 bits per heavy atom. The molecule has 1 aromatic carbocycles. The molecule has 16 heavy (non-hydrogen) atoms. The van der Waals surface area contributed by atoms with Gasteiger partial charge in [0, 0.05) is 5.56 Å². The maximum Gasteiger partial charge on any atom is 0.123 e. The Kier molecular flexibility index (Phi) is 4.77. The predicted octanol–water partition coefficient (Wildman–Crippen LogP) is 2.55. The van der Waals surface area contributed by atoms with Crippen molar-refractivity contribution in [2.75, 3.05) is 7.11 Å². The van der Waals surface area contributed by atoms with Crippen molar-refractivity contribution < 1.29 is 4.74 Å². The molecule has 3 nitrogen and oxygen atoms in total. The molecule has 3 N–H and O–H groups in total. The average Bonchev–Trinajstić information content (AvgIpc) is 2.30. The standard InChI is InChI=1S/C13H22N2O/c1-5-10(3)13(15-14)11-8-9(2)6-7-12(11)16-4/h6-8,10,13,15H,5,14H2,1-4H3. The first kappa shape index (κ1) is 13.0. The van der Waals surface area contributed by atoms with Crippen molar-refractivity contribution in [3.8, 4) is 5.75 Å². The van der Waals surface area contributed by atoms with E-state index in [1.54, 1.807) is 7.11 Å². The summed E-state index contributed by atoms with van der Waals surface area (Å²) in [6.45, 7) is 6.43. The lowest BCUT2D eigenvalue weighted by Gasteiger charge is -2.24. The second-order valence-electron chi connectivity index (χ2n) is 4.28. The summed E-state index contributed by atoms with van der Waals surface area (Å²) in [5.41, 5.74) is 5.25. The molecule has 0 amide bonds. The third-order valence-electron chi connectivity index (χ3n) is 3.11. The van der Waals surface area contributed by atoms with Gasteiger partial charge in [-0.25, -0.2) is 0 Å². The van der Waals surface area contributed by atoms with Crippen LogP contribution in [0.2, 0.25) is 0 Å². The van der Waals surface area contributed by atoms with E-state index in [1.807, 2.05) is 12.1 Å². The Morgan fingerprint density at radius 2 is 2.12 bits per heavy atom. The van der Waals surface area contributed by atoms with Gasteiger partial charge in [0.15, 0.2) is 0 Å². The zero-order chi connectivity index (χ0) is 12.1. The molecule has 0 fully saturated rings. The first-order valence-corrected chi connectivity index (χ1v) is 5.74. The quantitative estimate of drug-likeness (QED) is 0.594. The van der Waals surface area contributed by atoms with Gasteiger partial charge in [0.1, 0.15) is 5.75 Å². The minimum atomic E-state index is 0.139. The van der Waals surface area contributed by atoms with E-state index in [0.29, 0.717) is 5.92 Å². The SMILES string of the molecule is CCC(C)C(NN)c1cc(C)ccc1OC. The fraction of sp³-hybridized carbons (Fsp3) is 0.538. The van der Waals surface area contributed by atoms with Crippen molar-refractivity contribution >= 4 is 0 Å². The zero-order valence-electron chi connectivity index (χ0n) is 10.6. The largest absolute Gasteiger partial charge is 0.496 e. The van der Waals surface area contributed by atoms with Gasteiger partial charge < -0.3 is 4.74 Å². The number of hydrogen-bond donors (Lipinski definition) is 2. The van der Waals surface area contributed by atoms with Gasteiger partial charge in [-0.3, -0.25) is 11.3 Å². The molecule has 3 heteroatoms. The normalized spacial score (nSPS) is 14.6. The highest BCUT2D eigenvalue weighted by Crippen LogP contribution is 2.31. The molecule has 0 aliphatic carbocycles. The maximum atomic E-state index is 5.65. The number of aryl methyl sites for hydroxylation is 1. The van der Waals surface area contributed by atoms with Crippen LogP contribution in [-0.4, -0.2) is 7.11 Å². The molecule has 0 spiro atoms. The molecule has 0 aliphatic rings. The first-order chi connectivity index (χ1) is 7.63. The lowest BCUT2D eigenvalue weighted by molar-refractivity contribution is 0.354. The van der Waals surface area contributed by atoms with E-state index >= 15 is 0 Å². The van der Waals surface area contributed by atoms with Crippen LogP contribution in [-0.2, 0) is 0 Å². The summed E-state index contributed by atoms with van der Waals surface area (Å²) < 4.78 is 5.38. The van der Waals surface area contributed by atoms with Gasteiger partial charge in [0.05, 0.1) is 13.2 Å². The molecule has 1 aromatic rings. The van der Waals surface area contributed by atoms with Crippen LogP contribution in [0, 0.1) is 12.8 Å². The molecule has 0 saturated heterocycles. The number of methoxy groups -OCH3 is 1. The molecule has 1 rings (SSSR count). The van der Waals surface area contributed by atoms with Gasteiger partial charge in [0.2, 0.25) is 0 Å². The fourth-order valence-electron chi connectivity index (χ4n) is 1.89. The maximum absolute atomic E-state index is 5.65. The van der Waals surface area contributed by atoms with Crippen molar-refractivity contribution in [2.45, 2.75) is 33.2 Å². The number of benzene rings is 1. The molecule has 2 unspecified atom stereocenters. The molecular weight excluding hydrogens is 200 g/mol. The minimum Gasteiger partial charge on any atom is -0.496 e. The van der Waals surface area contributed by atoms with Crippen LogP contribution in [0.15, 0.2) is 18.2 Å². The van der Waals surface area contributed by atoms with Gasteiger partial charge in [0.25, 0.3) is 0 Å². The van der Waals surface area contributed by atoms with Crippen LogP contribution < -0.4 is 16.0 Å². The second kappa shape index (κ2) is 5.87. The summed E-state index contributed by atoms with van der Waals surface area (Å²) in [5, 5.41) is 0. The summed E-state index contributed by atoms with van der Waals surface area (Å²) in [6.07, 6.45) is 1.08. The smallest absolute Gasteiger partial charge is 0.123 e. The number of hydrogen-bond acceptors (Lipinski definition) is 3. The highest BCUT2D eigenvalue weighted by molar-refractivity contribution is 5.39. The fourth-order valence-corrected chi connectivity index (χ4v) is 1.89. The average molecular weight is 222 g/mol. The van der Waals surface area contributed by atoms with Gasteiger partial charge in [-0.1, -0.05) is 38.0 Å². The zero-order valence-corrected chi connectivity index (χ0v) is 10.6. The van der Waals surface area contributed by atoms with E-state index in [1.165, 1.54) is 5.56 Å². The third-order valence-corrected chi connectivity index (χ3v) is 3.11. The molecule has 2 atom stereocenters. The van der Waals surface area contributed by atoms with Crippen LogP contribution in [0.25, 0.3) is 0 Å². The van der Waals surface area contributed by atoms with Crippen LogP contribution >= 0.6 is 0 Å². The molecule has 0 aromatic heterocycles. The Balaban J connectivity index is 3.11. The van der Waals surface area contributed by atoms with Crippen molar-refractivity contribution in [1.29, 1.82) is 0 Å². The van der Waals surface area contributed by atoms with Crippen LogP contribution in [0.4, 0.5) is 0 Å². The van der Waals surface area contributed by atoms with E-state index in [0.717, 1.165) is 17.7 Å². The van der Waals surface area contributed by atoms with E-state index in [9.17, 15) is 0 Å². The number of rotatable bonds is 5. The predicted molar refractivity (Wildman–Crippen MR) is 67.3 cm³/mol. The molecule has 0 aliphatic heterocycles. The molecule has 0 bridgehead atoms. The lowest BCUT2D eigenvalue weighted by atomic mass is 9.91.